The summed E-state index contributed by atoms with van der Waals surface area (Å²) in [7, 11) is 0. The number of fused-ring (bicyclic) bond motifs is 1. The van der Waals surface area contributed by atoms with Crippen LogP contribution in [0.25, 0.3) is 10.9 Å². The van der Waals surface area contributed by atoms with E-state index in [4.69, 9.17) is 4.42 Å². The van der Waals surface area contributed by atoms with Crippen LogP contribution < -0.4 is 5.32 Å². The van der Waals surface area contributed by atoms with Crippen molar-refractivity contribution in [2.45, 2.75) is 32.4 Å². The van der Waals surface area contributed by atoms with Crippen LogP contribution in [0.4, 0.5) is 0 Å². The zero-order chi connectivity index (χ0) is 13.8. The van der Waals surface area contributed by atoms with Gasteiger partial charge < -0.3 is 14.7 Å². The minimum Gasteiger partial charge on any atom is -0.469 e. The maximum atomic E-state index is 5.35. The minimum absolute atomic E-state index is 0.474. The fraction of sp³-hybridized carbons (Fsp3) is 0.294. The molecule has 0 radical (unpaired) electrons. The van der Waals surface area contributed by atoms with E-state index >= 15 is 0 Å². The number of rotatable bonds is 6. The third kappa shape index (κ3) is 3.11. The summed E-state index contributed by atoms with van der Waals surface area (Å²) in [5.41, 5.74) is 2.52. The van der Waals surface area contributed by atoms with Crippen LogP contribution in [-0.2, 0) is 13.0 Å². The Bertz CT molecular complexity index is 655. The van der Waals surface area contributed by atoms with Crippen molar-refractivity contribution in [2.75, 3.05) is 0 Å². The average molecular weight is 268 g/mol. The Balaban J connectivity index is 1.50. The predicted molar refractivity (Wildman–Crippen MR) is 81.6 cm³/mol. The van der Waals surface area contributed by atoms with E-state index in [2.05, 4.69) is 41.5 Å². The van der Waals surface area contributed by atoms with E-state index in [9.17, 15) is 0 Å². The van der Waals surface area contributed by atoms with Crippen LogP contribution in [0.2, 0.25) is 0 Å². The number of H-pyrrole nitrogens is 1. The molecule has 3 aromatic rings. The molecule has 0 fully saturated rings. The predicted octanol–water partition coefficient (Wildman–Crippen LogP) is 3.87. The molecule has 1 atom stereocenters. The summed E-state index contributed by atoms with van der Waals surface area (Å²) in [5.74, 6) is 1.06. The zero-order valence-corrected chi connectivity index (χ0v) is 11.7. The van der Waals surface area contributed by atoms with Gasteiger partial charge in [0.2, 0.25) is 0 Å². The average Bonchev–Trinajstić information content (AvgIpc) is 3.13. The zero-order valence-electron chi connectivity index (χ0n) is 11.7. The van der Waals surface area contributed by atoms with Crippen LogP contribution in [0, 0.1) is 0 Å². The molecular weight excluding hydrogens is 248 g/mol. The molecule has 104 valence electrons. The first-order valence-corrected chi connectivity index (χ1v) is 7.13. The van der Waals surface area contributed by atoms with Gasteiger partial charge in [-0.05, 0) is 54.6 Å². The summed E-state index contributed by atoms with van der Waals surface area (Å²) in [4.78, 5) is 3.22. The Morgan fingerprint density at radius 3 is 3.05 bits per heavy atom. The molecule has 2 aromatic heterocycles. The van der Waals surface area contributed by atoms with Crippen LogP contribution in [0.5, 0.6) is 0 Å². The molecule has 0 saturated heterocycles. The summed E-state index contributed by atoms with van der Waals surface area (Å²) in [6.45, 7) is 3.12. The van der Waals surface area contributed by atoms with E-state index in [0.717, 1.165) is 25.1 Å². The van der Waals surface area contributed by atoms with Gasteiger partial charge in [-0.15, -0.1) is 0 Å². The summed E-state index contributed by atoms with van der Waals surface area (Å²) >= 11 is 0. The number of benzene rings is 1. The van der Waals surface area contributed by atoms with E-state index in [-0.39, 0.29) is 0 Å². The molecule has 0 amide bonds. The highest BCUT2D eigenvalue weighted by atomic mass is 16.3. The monoisotopic (exact) mass is 268 g/mol. The fourth-order valence-electron chi connectivity index (χ4n) is 2.42. The van der Waals surface area contributed by atoms with Gasteiger partial charge in [0.1, 0.15) is 5.76 Å². The highest BCUT2D eigenvalue weighted by Gasteiger charge is 2.04. The van der Waals surface area contributed by atoms with E-state index in [1.165, 1.54) is 16.5 Å². The van der Waals surface area contributed by atoms with Gasteiger partial charge in [-0.25, -0.2) is 0 Å². The third-order valence-electron chi connectivity index (χ3n) is 3.68. The van der Waals surface area contributed by atoms with Gasteiger partial charge in [-0.3, -0.25) is 0 Å². The molecule has 0 saturated carbocycles. The largest absolute Gasteiger partial charge is 0.469 e. The van der Waals surface area contributed by atoms with Crippen LogP contribution in [0.15, 0.2) is 53.3 Å². The molecule has 0 aliphatic carbocycles. The summed E-state index contributed by atoms with van der Waals surface area (Å²) in [6, 6.07) is 13.1. The minimum atomic E-state index is 0.474. The van der Waals surface area contributed by atoms with Crippen molar-refractivity contribution in [1.82, 2.24) is 10.3 Å². The Kier molecular flexibility index (Phi) is 3.88. The first kappa shape index (κ1) is 13.0. The van der Waals surface area contributed by atoms with Crippen molar-refractivity contribution < 1.29 is 4.42 Å². The van der Waals surface area contributed by atoms with Crippen molar-refractivity contribution in [3.05, 3.63) is 60.2 Å². The van der Waals surface area contributed by atoms with Gasteiger partial charge in [-0.1, -0.05) is 6.07 Å². The summed E-state index contributed by atoms with van der Waals surface area (Å²) in [6.07, 6.45) is 5.78. The van der Waals surface area contributed by atoms with E-state index in [1.807, 2.05) is 18.3 Å². The lowest BCUT2D eigenvalue weighted by Crippen LogP contribution is -2.25. The molecule has 3 nitrogen and oxygen atoms in total. The summed E-state index contributed by atoms with van der Waals surface area (Å²) in [5, 5.41) is 4.84. The molecule has 3 rings (SSSR count). The Labute approximate surface area is 119 Å². The van der Waals surface area contributed by atoms with Gasteiger partial charge in [0.25, 0.3) is 0 Å². The topological polar surface area (TPSA) is 41.0 Å². The second-order valence-electron chi connectivity index (χ2n) is 5.30. The van der Waals surface area contributed by atoms with E-state index in [1.54, 1.807) is 6.26 Å². The number of aromatic nitrogens is 1. The second kappa shape index (κ2) is 5.97. The molecule has 20 heavy (non-hydrogen) atoms. The van der Waals surface area contributed by atoms with Crippen LogP contribution in [-0.4, -0.2) is 11.0 Å². The van der Waals surface area contributed by atoms with E-state index in [0.29, 0.717) is 6.04 Å². The molecule has 0 bridgehead atoms. The quantitative estimate of drug-likeness (QED) is 0.712. The Hall–Kier alpha value is -2.00. The Morgan fingerprint density at radius 1 is 1.25 bits per heavy atom. The number of furan rings is 1. The lowest BCUT2D eigenvalue weighted by Gasteiger charge is -2.13. The number of aryl methyl sites for hydroxylation is 1. The Morgan fingerprint density at radius 2 is 2.20 bits per heavy atom. The standard InChI is InChI=1S/C17H20N2O/c1-13(4-6-16-3-2-10-20-16)19-12-14-5-7-17-15(11-14)8-9-18-17/h2-3,5,7-11,13,18-19H,4,6,12H2,1H3. The van der Waals surface area contributed by atoms with Crippen molar-refractivity contribution in [3.8, 4) is 0 Å². The molecule has 2 heterocycles. The van der Waals surface area contributed by atoms with Gasteiger partial charge in [0, 0.05) is 30.7 Å². The van der Waals surface area contributed by atoms with Gasteiger partial charge in [0.15, 0.2) is 0 Å². The van der Waals surface area contributed by atoms with Crippen LogP contribution in [0.3, 0.4) is 0 Å². The molecule has 2 N–H and O–H groups in total. The highest BCUT2D eigenvalue weighted by Crippen LogP contribution is 2.14. The molecule has 0 aliphatic heterocycles. The lowest BCUT2D eigenvalue weighted by atomic mass is 10.1. The van der Waals surface area contributed by atoms with Crippen LogP contribution >= 0.6 is 0 Å². The third-order valence-corrected chi connectivity index (χ3v) is 3.68. The second-order valence-corrected chi connectivity index (χ2v) is 5.30. The van der Waals surface area contributed by atoms with Crippen molar-refractivity contribution in [3.63, 3.8) is 0 Å². The van der Waals surface area contributed by atoms with Gasteiger partial charge in [0.05, 0.1) is 6.26 Å². The first-order chi connectivity index (χ1) is 9.81. The van der Waals surface area contributed by atoms with Crippen molar-refractivity contribution >= 4 is 10.9 Å². The number of hydrogen-bond donors (Lipinski definition) is 2. The molecular formula is C17H20N2O. The van der Waals surface area contributed by atoms with Crippen molar-refractivity contribution in [1.29, 1.82) is 0 Å². The maximum Gasteiger partial charge on any atom is 0.103 e. The maximum absolute atomic E-state index is 5.35. The molecule has 1 aromatic carbocycles. The molecule has 3 heteroatoms. The van der Waals surface area contributed by atoms with Gasteiger partial charge in [-0.2, -0.15) is 0 Å². The smallest absolute Gasteiger partial charge is 0.103 e. The van der Waals surface area contributed by atoms with Crippen LogP contribution in [0.1, 0.15) is 24.7 Å². The first-order valence-electron chi connectivity index (χ1n) is 7.13. The number of hydrogen-bond acceptors (Lipinski definition) is 2. The lowest BCUT2D eigenvalue weighted by molar-refractivity contribution is 0.460. The molecule has 0 aliphatic rings. The SMILES string of the molecule is CC(CCc1ccco1)NCc1ccc2[nH]ccc2c1. The normalized spacial score (nSPS) is 12.8. The molecule has 1 unspecified atom stereocenters. The fourth-order valence-corrected chi connectivity index (χ4v) is 2.42. The van der Waals surface area contributed by atoms with E-state index < -0.39 is 0 Å². The van der Waals surface area contributed by atoms with Gasteiger partial charge >= 0.3 is 0 Å². The van der Waals surface area contributed by atoms with Crippen molar-refractivity contribution in [2.24, 2.45) is 0 Å². The molecule has 0 spiro atoms. The highest BCUT2D eigenvalue weighted by molar-refractivity contribution is 5.79. The number of aromatic amines is 1. The summed E-state index contributed by atoms with van der Waals surface area (Å²) < 4.78 is 5.35. The number of nitrogens with one attached hydrogen (secondary N) is 2.